The maximum absolute atomic E-state index is 13.6. The Hall–Kier alpha value is -1.78. The molecule has 0 aromatic heterocycles. The van der Waals surface area contributed by atoms with Gasteiger partial charge in [-0.2, -0.15) is 0 Å². The van der Waals surface area contributed by atoms with Gasteiger partial charge in [-0.3, -0.25) is 0 Å². The third-order valence-corrected chi connectivity index (χ3v) is 2.98. The van der Waals surface area contributed by atoms with E-state index in [2.05, 4.69) is 5.32 Å². The van der Waals surface area contributed by atoms with Crippen LogP contribution in [0.5, 0.6) is 11.5 Å². The van der Waals surface area contributed by atoms with Gasteiger partial charge in [0.15, 0.2) is 11.5 Å². The average molecular weight is 311 g/mol. The van der Waals surface area contributed by atoms with Crippen LogP contribution in [0.3, 0.4) is 0 Å². The van der Waals surface area contributed by atoms with E-state index in [1.165, 1.54) is 6.07 Å². The summed E-state index contributed by atoms with van der Waals surface area (Å²) >= 11 is 0. The van der Waals surface area contributed by atoms with Crippen LogP contribution in [0.15, 0.2) is 42.5 Å². The van der Waals surface area contributed by atoms with Crippen molar-refractivity contribution in [2.45, 2.75) is 13.2 Å². The molecule has 0 aliphatic carbocycles. The number of halogens is 2. The van der Waals surface area contributed by atoms with E-state index >= 15 is 0 Å². The Bertz CT molecular complexity index is 578. The summed E-state index contributed by atoms with van der Waals surface area (Å²) in [5.41, 5.74) is 1.50. The maximum Gasteiger partial charge on any atom is 0.166 e. The van der Waals surface area contributed by atoms with Crippen molar-refractivity contribution in [1.29, 1.82) is 0 Å². The molecule has 0 aliphatic heterocycles. The quantitative estimate of drug-likeness (QED) is 0.823. The van der Waals surface area contributed by atoms with Gasteiger partial charge in [-0.1, -0.05) is 30.3 Å². The van der Waals surface area contributed by atoms with Crippen LogP contribution in [0.25, 0.3) is 0 Å². The minimum atomic E-state index is -0.266. The van der Waals surface area contributed by atoms with Crippen molar-refractivity contribution in [3.8, 4) is 11.5 Å². The SMILES string of the molecule is CNCc1cccc(OC)c1OCc1ccccc1F.[Cl-]. The highest BCUT2D eigenvalue weighted by Gasteiger charge is 2.11. The van der Waals surface area contributed by atoms with Gasteiger partial charge in [-0.25, -0.2) is 4.39 Å². The van der Waals surface area contributed by atoms with E-state index in [-0.39, 0.29) is 24.8 Å². The molecule has 0 saturated heterocycles. The van der Waals surface area contributed by atoms with E-state index < -0.39 is 0 Å². The van der Waals surface area contributed by atoms with Crippen molar-refractivity contribution in [3.63, 3.8) is 0 Å². The number of benzene rings is 2. The number of para-hydroxylation sites is 1. The predicted octanol–water partition coefficient (Wildman–Crippen LogP) is 0.137. The predicted molar refractivity (Wildman–Crippen MR) is 76.5 cm³/mol. The van der Waals surface area contributed by atoms with Crippen LogP contribution in [0.4, 0.5) is 4.39 Å². The first-order chi connectivity index (χ1) is 9.76. The summed E-state index contributed by atoms with van der Waals surface area (Å²) < 4.78 is 24.7. The second kappa shape index (κ2) is 8.49. The van der Waals surface area contributed by atoms with Crippen molar-refractivity contribution in [2.75, 3.05) is 14.2 Å². The van der Waals surface area contributed by atoms with Gasteiger partial charge >= 0.3 is 0 Å². The standard InChI is InChI=1S/C16H18FNO2.ClH/c1-18-10-12-7-5-9-15(19-2)16(12)20-11-13-6-3-4-8-14(13)17;/h3-9,18H,10-11H2,1-2H3;1H/p-1. The summed E-state index contributed by atoms with van der Waals surface area (Å²) in [6.07, 6.45) is 0. The van der Waals surface area contributed by atoms with Crippen molar-refractivity contribution >= 4 is 0 Å². The van der Waals surface area contributed by atoms with Gasteiger partial charge in [0.2, 0.25) is 0 Å². The van der Waals surface area contributed by atoms with Crippen LogP contribution in [-0.2, 0) is 13.2 Å². The highest BCUT2D eigenvalue weighted by Crippen LogP contribution is 2.31. The van der Waals surface area contributed by atoms with E-state index in [1.54, 1.807) is 25.3 Å². The zero-order chi connectivity index (χ0) is 14.4. The molecule has 2 aromatic carbocycles. The summed E-state index contributed by atoms with van der Waals surface area (Å²) in [5.74, 6) is 1.03. The van der Waals surface area contributed by atoms with E-state index in [0.29, 0.717) is 23.6 Å². The highest BCUT2D eigenvalue weighted by molar-refractivity contribution is 5.46. The second-order valence-corrected chi connectivity index (χ2v) is 4.36. The molecular weight excluding hydrogens is 293 g/mol. The van der Waals surface area contributed by atoms with Gasteiger partial charge in [-0.05, 0) is 19.2 Å². The third kappa shape index (κ3) is 4.34. The van der Waals surface area contributed by atoms with E-state index in [1.807, 2.05) is 25.2 Å². The van der Waals surface area contributed by atoms with E-state index in [0.717, 1.165) is 5.56 Å². The zero-order valence-electron chi connectivity index (χ0n) is 12.0. The minimum absolute atomic E-state index is 0. The van der Waals surface area contributed by atoms with Gasteiger partial charge in [0, 0.05) is 17.7 Å². The lowest BCUT2D eigenvalue weighted by Crippen LogP contribution is -3.00. The van der Waals surface area contributed by atoms with E-state index in [9.17, 15) is 4.39 Å². The Morgan fingerprint density at radius 2 is 1.76 bits per heavy atom. The number of methoxy groups -OCH3 is 1. The van der Waals surface area contributed by atoms with Crippen molar-refractivity contribution < 1.29 is 26.3 Å². The van der Waals surface area contributed by atoms with Crippen LogP contribution in [0, 0.1) is 5.82 Å². The third-order valence-electron chi connectivity index (χ3n) is 2.98. The molecular formula is C16H18ClFNO2-. The fraction of sp³-hybridized carbons (Fsp3) is 0.250. The summed E-state index contributed by atoms with van der Waals surface area (Å²) in [6.45, 7) is 0.827. The first-order valence-electron chi connectivity index (χ1n) is 6.43. The monoisotopic (exact) mass is 310 g/mol. The molecule has 0 bridgehead atoms. The molecule has 0 amide bonds. The zero-order valence-corrected chi connectivity index (χ0v) is 12.8. The number of ether oxygens (including phenoxy) is 2. The fourth-order valence-electron chi connectivity index (χ4n) is 1.98. The Labute approximate surface area is 130 Å². The Morgan fingerprint density at radius 1 is 1.05 bits per heavy atom. The van der Waals surface area contributed by atoms with Gasteiger partial charge in [0.1, 0.15) is 12.4 Å². The highest BCUT2D eigenvalue weighted by atomic mass is 35.5. The Balaban J connectivity index is 0.00000220. The molecule has 0 aliphatic rings. The van der Waals surface area contributed by atoms with Gasteiger partial charge < -0.3 is 27.2 Å². The molecule has 114 valence electrons. The molecule has 21 heavy (non-hydrogen) atoms. The first-order valence-corrected chi connectivity index (χ1v) is 6.43. The largest absolute Gasteiger partial charge is 1.00 e. The molecule has 2 aromatic rings. The van der Waals surface area contributed by atoms with Crippen LogP contribution in [0.2, 0.25) is 0 Å². The number of rotatable bonds is 6. The molecule has 0 heterocycles. The van der Waals surface area contributed by atoms with Crippen molar-refractivity contribution in [2.24, 2.45) is 0 Å². The normalized spacial score (nSPS) is 9.86. The number of nitrogens with one attached hydrogen (secondary N) is 1. The number of hydrogen-bond donors (Lipinski definition) is 1. The molecule has 0 unspecified atom stereocenters. The summed E-state index contributed by atoms with van der Waals surface area (Å²) in [6, 6.07) is 12.3. The lowest BCUT2D eigenvalue weighted by atomic mass is 10.1. The Kier molecular flexibility index (Phi) is 6.99. The summed E-state index contributed by atoms with van der Waals surface area (Å²) in [5, 5.41) is 3.08. The molecule has 0 radical (unpaired) electrons. The minimum Gasteiger partial charge on any atom is -1.00 e. The second-order valence-electron chi connectivity index (χ2n) is 4.36. The van der Waals surface area contributed by atoms with Gasteiger partial charge in [0.25, 0.3) is 0 Å². The summed E-state index contributed by atoms with van der Waals surface area (Å²) in [7, 11) is 3.45. The maximum atomic E-state index is 13.6. The molecule has 0 fully saturated rings. The molecule has 2 rings (SSSR count). The smallest absolute Gasteiger partial charge is 0.166 e. The molecule has 0 spiro atoms. The molecule has 0 atom stereocenters. The van der Waals surface area contributed by atoms with Crippen LogP contribution in [0.1, 0.15) is 11.1 Å². The lowest BCUT2D eigenvalue weighted by molar-refractivity contribution is -0.00000529. The topological polar surface area (TPSA) is 30.5 Å². The average Bonchev–Trinajstić information content (AvgIpc) is 2.47. The van der Waals surface area contributed by atoms with Crippen LogP contribution in [-0.4, -0.2) is 14.2 Å². The van der Waals surface area contributed by atoms with Crippen LogP contribution >= 0.6 is 0 Å². The first kappa shape index (κ1) is 17.3. The number of hydrogen-bond acceptors (Lipinski definition) is 3. The van der Waals surface area contributed by atoms with Crippen molar-refractivity contribution in [1.82, 2.24) is 5.32 Å². The van der Waals surface area contributed by atoms with Gasteiger partial charge in [0.05, 0.1) is 7.11 Å². The fourth-order valence-corrected chi connectivity index (χ4v) is 1.98. The van der Waals surface area contributed by atoms with Crippen molar-refractivity contribution in [3.05, 3.63) is 59.4 Å². The van der Waals surface area contributed by atoms with Crippen LogP contribution < -0.4 is 27.2 Å². The van der Waals surface area contributed by atoms with Gasteiger partial charge in [-0.15, -0.1) is 0 Å². The lowest BCUT2D eigenvalue weighted by Gasteiger charge is -2.15. The molecule has 5 heteroatoms. The molecule has 1 N–H and O–H groups in total. The Morgan fingerprint density at radius 3 is 2.43 bits per heavy atom. The molecule has 3 nitrogen and oxygen atoms in total. The summed E-state index contributed by atoms with van der Waals surface area (Å²) in [4.78, 5) is 0. The van der Waals surface area contributed by atoms with E-state index in [4.69, 9.17) is 9.47 Å². The molecule has 0 saturated carbocycles.